The second kappa shape index (κ2) is 11.2. The number of nitrogens with one attached hydrogen (secondary N) is 3. The largest absolute Gasteiger partial charge is 0.351 e. The molecular formula is C24H37N3O+2. The summed E-state index contributed by atoms with van der Waals surface area (Å²) >= 11 is 0. The van der Waals surface area contributed by atoms with Crippen molar-refractivity contribution < 1.29 is 14.6 Å². The van der Waals surface area contributed by atoms with E-state index in [1.54, 1.807) is 4.90 Å². The van der Waals surface area contributed by atoms with Gasteiger partial charge >= 0.3 is 0 Å². The molecule has 2 aliphatic rings. The standard InChI is InChI=1S/C24H35N3O/c1-21(24(28)25-15-14-23-11-6-3-7-12-23)27-19-17-26(18-20-27)16-8-13-22-9-4-2-5-10-22/h2,4-5,8-11,13,21H,3,6-7,12,14-20H2,1H3,(H,25,28)/p+2/b13-8+/t21-/m1/s1. The van der Waals surface area contributed by atoms with Gasteiger partial charge < -0.3 is 15.1 Å². The molecule has 3 N–H and O–H groups in total. The molecule has 4 heteroatoms. The van der Waals surface area contributed by atoms with Gasteiger partial charge in [0.25, 0.3) is 5.91 Å². The van der Waals surface area contributed by atoms with E-state index >= 15 is 0 Å². The second-order valence-electron chi connectivity index (χ2n) is 8.30. The zero-order valence-electron chi connectivity index (χ0n) is 17.4. The first-order valence-corrected chi connectivity index (χ1v) is 11.1. The van der Waals surface area contributed by atoms with E-state index in [0.717, 1.165) is 45.7 Å². The zero-order chi connectivity index (χ0) is 19.6. The molecule has 1 amide bonds. The van der Waals surface area contributed by atoms with E-state index in [2.05, 4.69) is 60.8 Å². The van der Waals surface area contributed by atoms with Crippen LogP contribution in [0.1, 0.15) is 44.6 Å². The van der Waals surface area contributed by atoms with Crippen molar-refractivity contribution in [1.82, 2.24) is 5.32 Å². The smallest absolute Gasteiger partial charge is 0.278 e. The minimum atomic E-state index is 0.0572. The van der Waals surface area contributed by atoms with E-state index in [9.17, 15) is 4.79 Å². The van der Waals surface area contributed by atoms with Crippen LogP contribution in [-0.4, -0.2) is 51.2 Å². The molecule has 1 aliphatic carbocycles. The summed E-state index contributed by atoms with van der Waals surface area (Å²) in [6.07, 6.45) is 13.0. The summed E-state index contributed by atoms with van der Waals surface area (Å²) in [6, 6.07) is 10.5. The number of carbonyl (C=O) groups is 1. The number of rotatable bonds is 8. The Balaban J connectivity index is 1.33. The van der Waals surface area contributed by atoms with Crippen LogP contribution in [0.25, 0.3) is 6.08 Å². The molecule has 1 aliphatic heterocycles. The monoisotopic (exact) mass is 383 g/mol. The number of piperazine rings is 1. The number of amides is 1. The molecule has 0 spiro atoms. The number of allylic oxidation sites excluding steroid dienone is 1. The molecule has 152 valence electrons. The topological polar surface area (TPSA) is 38.0 Å². The molecule has 1 atom stereocenters. The number of benzene rings is 1. The highest BCUT2D eigenvalue weighted by molar-refractivity contribution is 5.79. The lowest BCUT2D eigenvalue weighted by Crippen LogP contribution is -3.30. The van der Waals surface area contributed by atoms with Gasteiger partial charge in [-0.2, -0.15) is 0 Å². The third-order valence-electron chi connectivity index (χ3n) is 6.25. The summed E-state index contributed by atoms with van der Waals surface area (Å²) in [5.41, 5.74) is 2.80. The number of hydrogen-bond donors (Lipinski definition) is 3. The summed E-state index contributed by atoms with van der Waals surface area (Å²) in [6.45, 7) is 8.38. The fourth-order valence-electron chi connectivity index (χ4n) is 4.30. The van der Waals surface area contributed by atoms with E-state index in [1.165, 1.54) is 41.7 Å². The first-order valence-electron chi connectivity index (χ1n) is 11.1. The maximum Gasteiger partial charge on any atom is 0.278 e. The van der Waals surface area contributed by atoms with Gasteiger partial charge in [-0.15, -0.1) is 0 Å². The van der Waals surface area contributed by atoms with Crippen LogP contribution in [0.4, 0.5) is 0 Å². The van der Waals surface area contributed by atoms with E-state index in [-0.39, 0.29) is 11.9 Å². The van der Waals surface area contributed by atoms with Gasteiger partial charge in [0.15, 0.2) is 6.04 Å². The van der Waals surface area contributed by atoms with Crippen molar-refractivity contribution in [2.24, 2.45) is 0 Å². The second-order valence-corrected chi connectivity index (χ2v) is 8.30. The molecule has 1 aromatic rings. The van der Waals surface area contributed by atoms with Gasteiger partial charge in [0.1, 0.15) is 26.2 Å². The van der Waals surface area contributed by atoms with Gasteiger partial charge in [0.05, 0.1) is 6.54 Å². The predicted octanol–water partition coefficient (Wildman–Crippen LogP) is 0.878. The van der Waals surface area contributed by atoms with Gasteiger partial charge in [-0.05, 0) is 50.7 Å². The Labute approximate surface area is 170 Å². The lowest BCUT2D eigenvalue weighted by atomic mass is 9.97. The van der Waals surface area contributed by atoms with Gasteiger partial charge in [0, 0.05) is 6.54 Å². The Kier molecular flexibility index (Phi) is 8.31. The first kappa shape index (κ1) is 20.8. The Hall–Kier alpha value is -1.91. The molecule has 0 saturated carbocycles. The predicted molar refractivity (Wildman–Crippen MR) is 115 cm³/mol. The summed E-state index contributed by atoms with van der Waals surface area (Å²) in [5.74, 6) is 0.221. The lowest BCUT2D eigenvalue weighted by molar-refractivity contribution is -1.02. The Bertz CT molecular complexity index is 660. The Morgan fingerprint density at radius 1 is 1.14 bits per heavy atom. The van der Waals surface area contributed by atoms with Crippen LogP contribution in [0.5, 0.6) is 0 Å². The summed E-state index contributed by atoms with van der Waals surface area (Å²) < 4.78 is 0. The average Bonchev–Trinajstić information content (AvgIpc) is 2.75. The Morgan fingerprint density at radius 3 is 2.64 bits per heavy atom. The minimum Gasteiger partial charge on any atom is -0.351 e. The zero-order valence-corrected chi connectivity index (χ0v) is 17.4. The van der Waals surface area contributed by atoms with Crippen LogP contribution in [0.15, 0.2) is 48.1 Å². The molecule has 3 rings (SSSR count). The van der Waals surface area contributed by atoms with Crippen molar-refractivity contribution in [2.75, 3.05) is 39.3 Å². The third-order valence-corrected chi connectivity index (χ3v) is 6.25. The van der Waals surface area contributed by atoms with Crippen LogP contribution in [0, 0.1) is 0 Å². The molecule has 1 aromatic carbocycles. The molecule has 4 nitrogen and oxygen atoms in total. The van der Waals surface area contributed by atoms with Crippen molar-refractivity contribution in [2.45, 2.75) is 45.1 Å². The van der Waals surface area contributed by atoms with Crippen LogP contribution < -0.4 is 15.1 Å². The van der Waals surface area contributed by atoms with Crippen LogP contribution >= 0.6 is 0 Å². The number of quaternary nitrogens is 2. The number of hydrogen-bond acceptors (Lipinski definition) is 1. The highest BCUT2D eigenvalue weighted by Gasteiger charge is 2.30. The van der Waals surface area contributed by atoms with Crippen LogP contribution in [0.2, 0.25) is 0 Å². The average molecular weight is 384 g/mol. The molecule has 0 bridgehead atoms. The highest BCUT2D eigenvalue weighted by atomic mass is 16.2. The van der Waals surface area contributed by atoms with Crippen LogP contribution in [-0.2, 0) is 4.79 Å². The van der Waals surface area contributed by atoms with Crippen molar-refractivity contribution >= 4 is 12.0 Å². The fraction of sp³-hybridized carbons (Fsp3) is 0.542. The number of carbonyl (C=O) groups excluding carboxylic acids is 1. The van der Waals surface area contributed by atoms with E-state index < -0.39 is 0 Å². The highest BCUT2D eigenvalue weighted by Crippen LogP contribution is 2.19. The maximum atomic E-state index is 12.5. The summed E-state index contributed by atoms with van der Waals surface area (Å²) in [5, 5.41) is 3.17. The molecule has 0 radical (unpaired) electrons. The summed E-state index contributed by atoms with van der Waals surface area (Å²) in [4.78, 5) is 15.6. The molecule has 28 heavy (non-hydrogen) atoms. The van der Waals surface area contributed by atoms with E-state index in [0.29, 0.717) is 0 Å². The Morgan fingerprint density at radius 2 is 1.93 bits per heavy atom. The lowest BCUT2D eigenvalue weighted by Gasteiger charge is -2.32. The minimum absolute atomic E-state index is 0.0572. The van der Waals surface area contributed by atoms with Crippen molar-refractivity contribution in [3.8, 4) is 0 Å². The molecule has 0 aromatic heterocycles. The quantitative estimate of drug-likeness (QED) is 0.573. The molecular weight excluding hydrogens is 346 g/mol. The van der Waals surface area contributed by atoms with E-state index in [4.69, 9.17) is 0 Å². The van der Waals surface area contributed by atoms with Crippen LogP contribution in [0.3, 0.4) is 0 Å². The van der Waals surface area contributed by atoms with Gasteiger partial charge in [-0.3, -0.25) is 4.79 Å². The van der Waals surface area contributed by atoms with Crippen molar-refractivity contribution in [1.29, 1.82) is 0 Å². The molecule has 1 heterocycles. The van der Waals surface area contributed by atoms with Gasteiger partial charge in [-0.1, -0.05) is 48.1 Å². The normalized spacial score (nSPS) is 24.0. The van der Waals surface area contributed by atoms with Crippen molar-refractivity contribution in [3.05, 3.63) is 53.6 Å². The van der Waals surface area contributed by atoms with Gasteiger partial charge in [0.2, 0.25) is 0 Å². The molecule has 1 saturated heterocycles. The maximum absolute atomic E-state index is 12.5. The first-order chi connectivity index (χ1) is 13.7. The van der Waals surface area contributed by atoms with Crippen molar-refractivity contribution in [3.63, 3.8) is 0 Å². The summed E-state index contributed by atoms with van der Waals surface area (Å²) in [7, 11) is 0. The molecule has 1 fully saturated rings. The molecule has 0 unspecified atom stereocenters. The SMILES string of the molecule is C[C@H](C(=O)NCCC1=CCCCC1)[NH+]1CC[NH+](C/C=C/c2ccccc2)CC1. The van der Waals surface area contributed by atoms with Gasteiger partial charge in [-0.25, -0.2) is 0 Å². The fourth-order valence-corrected chi connectivity index (χ4v) is 4.30. The van der Waals surface area contributed by atoms with E-state index in [1.807, 2.05) is 0 Å². The third kappa shape index (κ3) is 6.61.